The molecule has 0 saturated carbocycles. The fourth-order valence-electron chi connectivity index (χ4n) is 1.72. The Morgan fingerprint density at radius 2 is 2.27 bits per heavy atom. The van der Waals surface area contributed by atoms with Gasteiger partial charge in [0.1, 0.15) is 5.82 Å². The molecule has 0 atom stereocenters. The molecule has 2 heterocycles. The Morgan fingerprint density at radius 1 is 1.40 bits per heavy atom. The van der Waals surface area contributed by atoms with E-state index >= 15 is 0 Å². The van der Waals surface area contributed by atoms with Crippen LogP contribution in [0.25, 0.3) is 0 Å². The highest BCUT2D eigenvalue weighted by atomic mass is 16.5. The largest absolute Gasteiger partial charge is 0.381 e. The highest BCUT2D eigenvalue weighted by Crippen LogP contribution is 2.11. The second-order valence-electron chi connectivity index (χ2n) is 3.72. The predicted molar refractivity (Wildman–Crippen MR) is 57.9 cm³/mol. The lowest BCUT2D eigenvalue weighted by Gasteiger charge is -2.05. The van der Waals surface area contributed by atoms with Gasteiger partial charge in [-0.05, 0) is 19.0 Å². The van der Waals surface area contributed by atoms with E-state index < -0.39 is 0 Å². The number of rotatable bonds is 3. The summed E-state index contributed by atoms with van der Waals surface area (Å²) >= 11 is 0. The van der Waals surface area contributed by atoms with Crippen molar-refractivity contribution in [2.45, 2.75) is 19.3 Å². The third-order valence-electron chi connectivity index (χ3n) is 2.60. The third-order valence-corrected chi connectivity index (χ3v) is 2.60. The van der Waals surface area contributed by atoms with Gasteiger partial charge in [-0.3, -0.25) is 0 Å². The van der Waals surface area contributed by atoms with E-state index in [9.17, 15) is 0 Å². The number of likely N-dealkylation sites (N-methyl/N-ethyl adjacent to an activating group) is 1. The van der Waals surface area contributed by atoms with Gasteiger partial charge in [0, 0.05) is 31.3 Å². The molecule has 1 aromatic rings. The SMILES string of the molecule is CNCCc1ncc2c(n1)CCOCC2. The molecule has 0 amide bonds. The minimum atomic E-state index is 0.787. The average Bonchev–Trinajstić information content (AvgIpc) is 2.50. The van der Waals surface area contributed by atoms with Gasteiger partial charge < -0.3 is 10.1 Å². The maximum atomic E-state index is 5.42. The monoisotopic (exact) mass is 207 g/mol. The molecule has 0 bridgehead atoms. The van der Waals surface area contributed by atoms with Gasteiger partial charge >= 0.3 is 0 Å². The van der Waals surface area contributed by atoms with Crippen LogP contribution in [-0.4, -0.2) is 36.8 Å². The molecule has 1 N–H and O–H groups in total. The fourth-order valence-corrected chi connectivity index (χ4v) is 1.72. The van der Waals surface area contributed by atoms with Crippen LogP contribution in [0.3, 0.4) is 0 Å². The van der Waals surface area contributed by atoms with E-state index in [0.717, 1.165) is 44.8 Å². The molecular weight excluding hydrogens is 190 g/mol. The molecule has 2 rings (SSSR count). The highest BCUT2D eigenvalue weighted by Gasteiger charge is 2.10. The van der Waals surface area contributed by atoms with Gasteiger partial charge in [0.25, 0.3) is 0 Å². The molecule has 0 aliphatic carbocycles. The second kappa shape index (κ2) is 5.19. The van der Waals surface area contributed by atoms with Crippen molar-refractivity contribution < 1.29 is 4.74 Å². The van der Waals surface area contributed by atoms with Crippen LogP contribution in [0.4, 0.5) is 0 Å². The molecule has 1 aromatic heterocycles. The molecule has 4 heteroatoms. The Morgan fingerprint density at radius 3 is 3.13 bits per heavy atom. The van der Waals surface area contributed by atoms with Gasteiger partial charge in [0.2, 0.25) is 0 Å². The molecule has 1 aliphatic heterocycles. The van der Waals surface area contributed by atoms with Gasteiger partial charge in [-0.1, -0.05) is 0 Å². The van der Waals surface area contributed by atoms with Gasteiger partial charge in [0.05, 0.1) is 13.2 Å². The number of fused-ring (bicyclic) bond motifs is 1. The van der Waals surface area contributed by atoms with Crippen molar-refractivity contribution in [2.24, 2.45) is 0 Å². The van der Waals surface area contributed by atoms with E-state index in [-0.39, 0.29) is 0 Å². The first kappa shape index (κ1) is 10.5. The van der Waals surface area contributed by atoms with Crippen LogP contribution in [-0.2, 0) is 24.0 Å². The zero-order valence-corrected chi connectivity index (χ0v) is 9.12. The minimum absolute atomic E-state index is 0.787. The molecule has 0 fully saturated rings. The molecule has 0 saturated heterocycles. The Kier molecular flexibility index (Phi) is 3.64. The quantitative estimate of drug-likeness (QED) is 0.777. The van der Waals surface area contributed by atoms with Crippen LogP contribution in [0.2, 0.25) is 0 Å². The normalized spacial score (nSPS) is 15.8. The molecule has 82 valence electrons. The second-order valence-corrected chi connectivity index (χ2v) is 3.72. The van der Waals surface area contributed by atoms with Crippen LogP contribution in [0.1, 0.15) is 17.1 Å². The summed E-state index contributed by atoms with van der Waals surface area (Å²) in [6, 6.07) is 0. The van der Waals surface area contributed by atoms with E-state index in [1.807, 2.05) is 13.2 Å². The molecule has 0 unspecified atom stereocenters. The molecule has 15 heavy (non-hydrogen) atoms. The summed E-state index contributed by atoms with van der Waals surface area (Å²) in [6.45, 7) is 2.51. The molecular formula is C11H17N3O. The van der Waals surface area contributed by atoms with Crippen LogP contribution >= 0.6 is 0 Å². The first-order valence-corrected chi connectivity index (χ1v) is 5.46. The van der Waals surface area contributed by atoms with Crippen LogP contribution in [0.5, 0.6) is 0 Å². The standard InChI is InChI=1S/C11H17N3O/c1-12-5-2-11-13-8-9-3-6-15-7-4-10(9)14-11/h8,12H,2-7H2,1H3. The summed E-state index contributed by atoms with van der Waals surface area (Å²) in [5.41, 5.74) is 2.43. The fraction of sp³-hybridized carbons (Fsp3) is 0.636. The van der Waals surface area contributed by atoms with Crippen LogP contribution in [0.15, 0.2) is 6.20 Å². The first-order chi connectivity index (χ1) is 7.40. The zero-order chi connectivity index (χ0) is 10.5. The van der Waals surface area contributed by atoms with Gasteiger partial charge in [-0.2, -0.15) is 0 Å². The number of ether oxygens (including phenoxy) is 1. The maximum absolute atomic E-state index is 5.42. The predicted octanol–water partition coefficient (Wildman–Crippen LogP) is 0.354. The molecule has 1 aliphatic rings. The lowest BCUT2D eigenvalue weighted by atomic mass is 10.1. The van der Waals surface area contributed by atoms with E-state index in [1.54, 1.807) is 0 Å². The number of nitrogens with one attached hydrogen (secondary N) is 1. The summed E-state index contributed by atoms with van der Waals surface area (Å²) in [7, 11) is 1.94. The smallest absolute Gasteiger partial charge is 0.129 e. The maximum Gasteiger partial charge on any atom is 0.129 e. The van der Waals surface area contributed by atoms with Crippen molar-refractivity contribution in [1.29, 1.82) is 0 Å². The lowest BCUT2D eigenvalue weighted by molar-refractivity contribution is 0.146. The van der Waals surface area contributed by atoms with Gasteiger partial charge in [-0.25, -0.2) is 9.97 Å². The van der Waals surface area contributed by atoms with Gasteiger partial charge in [-0.15, -0.1) is 0 Å². The number of hydrogen-bond acceptors (Lipinski definition) is 4. The number of nitrogens with zero attached hydrogens (tertiary/aromatic N) is 2. The van der Waals surface area contributed by atoms with Crippen molar-refractivity contribution in [3.8, 4) is 0 Å². The average molecular weight is 207 g/mol. The molecule has 4 nitrogen and oxygen atoms in total. The minimum Gasteiger partial charge on any atom is -0.381 e. The van der Waals surface area contributed by atoms with Crippen molar-refractivity contribution in [3.05, 3.63) is 23.3 Å². The number of hydrogen-bond donors (Lipinski definition) is 1. The molecule has 0 radical (unpaired) electrons. The summed E-state index contributed by atoms with van der Waals surface area (Å²) in [6.07, 6.45) is 4.72. The number of aromatic nitrogens is 2. The Bertz CT molecular complexity index is 328. The van der Waals surface area contributed by atoms with E-state index in [0.29, 0.717) is 0 Å². The summed E-state index contributed by atoms with van der Waals surface area (Å²) < 4.78 is 5.42. The van der Waals surface area contributed by atoms with Crippen LogP contribution < -0.4 is 5.32 Å². The van der Waals surface area contributed by atoms with Crippen LogP contribution in [0, 0.1) is 0 Å². The summed E-state index contributed by atoms with van der Waals surface area (Å²) in [5, 5.41) is 3.10. The first-order valence-electron chi connectivity index (χ1n) is 5.46. The van der Waals surface area contributed by atoms with Crippen molar-refractivity contribution in [2.75, 3.05) is 26.8 Å². The Hall–Kier alpha value is -1.00. The van der Waals surface area contributed by atoms with E-state index in [4.69, 9.17) is 4.74 Å². The van der Waals surface area contributed by atoms with Gasteiger partial charge in [0.15, 0.2) is 0 Å². The van der Waals surface area contributed by atoms with Crippen molar-refractivity contribution in [3.63, 3.8) is 0 Å². The van der Waals surface area contributed by atoms with Crippen molar-refractivity contribution in [1.82, 2.24) is 15.3 Å². The Labute approximate surface area is 90.1 Å². The summed E-state index contributed by atoms with van der Waals surface area (Å²) in [4.78, 5) is 8.94. The van der Waals surface area contributed by atoms with Crippen molar-refractivity contribution >= 4 is 0 Å². The topological polar surface area (TPSA) is 47.0 Å². The third kappa shape index (κ3) is 2.73. The highest BCUT2D eigenvalue weighted by molar-refractivity contribution is 5.19. The van der Waals surface area contributed by atoms with E-state index in [2.05, 4.69) is 15.3 Å². The van der Waals surface area contributed by atoms with E-state index in [1.165, 1.54) is 11.3 Å². The molecule has 0 aromatic carbocycles. The zero-order valence-electron chi connectivity index (χ0n) is 9.12. The summed E-state index contributed by atoms with van der Waals surface area (Å²) in [5.74, 6) is 0.935. The molecule has 0 spiro atoms. The lowest BCUT2D eigenvalue weighted by Crippen LogP contribution is -2.13. The Balaban J connectivity index is 2.13.